The zero-order valence-electron chi connectivity index (χ0n) is 16.3. The zero-order chi connectivity index (χ0) is 21.6. The smallest absolute Gasteiger partial charge is 0.325 e. The Hall–Kier alpha value is -3.35. The molecule has 0 saturated carbocycles. The van der Waals surface area contributed by atoms with Gasteiger partial charge < -0.3 is 14.8 Å². The normalized spacial score (nSPS) is 10.6. The highest BCUT2D eigenvalue weighted by Crippen LogP contribution is 2.35. The first-order chi connectivity index (χ1) is 15.1. The van der Waals surface area contributed by atoms with Gasteiger partial charge in [-0.15, -0.1) is 11.3 Å². The number of ether oxygens (including phenoxy) is 2. The van der Waals surface area contributed by atoms with E-state index >= 15 is 0 Å². The van der Waals surface area contributed by atoms with Crippen LogP contribution in [0.5, 0.6) is 11.5 Å². The summed E-state index contributed by atoms with van der Waals surface area (Å²) in [5, 5.41) is 3.78. The molecule has 7 heteroatoms. The molecule has 1 aromatic heterocycles. The van der Waals surface area contributed by atoms with E-state index in [9.17, 15) is 9.59 Å². The molecule has 1 N–H and O–H groups in total. The Morgan fingerprint density at radius 3 is 2.42 bits per heavy atom. The average molecular weight is 452 g/mol. The van der Waals surface area contributed by atoms with E-state index in [0.29, 0.717) is 21.4 Å². The summed E-state index contributed by atoms with van der Waals surface area (Å²) in [6, 6.07) is 24.2. The minimum absolute atomic E-state index is 0.0291. The third kappa shape index (κ3) is 5.05. The lowest BCUT2D eigenvalue weighted by Crippen LogP contribution is -2.30. The molecular weight excluding hydrogens is 434 g/mol. The number of carbonyl (C=O) groups excluding carboxylic acids is 2. The van der Waals surface area contributed by atoms with Crippen molar-refractivity contribution in [3.63, 3.8) is 0 Å². The number of esters is 1. The minimum Gasteiger partial charge on any atom is -0.459 e. The number of para-hydroxylation sites is 2. The van der Waals surface area contributed by atoms with Gasteiger partial charge in [0.25, 0.3) is 5.91 Å². The Bertz CT molecular complexity index is 1220. The summed E-state index contributed by atoms with van der Waals surface area (Å²) < 4.78 is 12.1. The summed E-state index contributed by atoms with van der Waals surface area (Å²) in [7, 11) is 0. The third-order valence-electron chi connectivity index (χ3n) is 4.47. The Kier molecular flexibility index (Phi) is 6.50. The first-order valence-corrected chi connectivity index (χ1v) is 10.7. The molecule has 5 nitrogen and oxygen atoms in total. The molecule has 0 atom stereocenters. The zero-order valence-corrected chi connectivity index (χ0v) is 17.9. The van der Waals surface area contributed by atoms with Gasteiger partial charge in [0, 0.05) is 15.6 Å². The summed E-state index contributed by atoms with van der Waals surface area (Å²) in [5.74, 6) is 0.326. The van der Waals surface area contributed by atoms with Crippen LogP contribution in [-0.2, 0) is 16.1 Å². The van der Waals surface area contributed by atoms with Crippen molar-refractivity contribution in [3.05, 3.63) is 94.3 Å². The van der Waals surface area contributed by atoms with Crippen LogP contribution in [0.1, 0.15) is 15.2 Å². The lowest BCUT2D eigenvalue weighted by Gasteiger charge is -2.12. The molecule has 0 unspecified atom stereocenters. The van der Waals surface area contributed by atoms with Crippen molar-refractivity contribution in [1.29, 1.82) is 0 Å². The van der Waals surface area contributed by atoms with Gasteiger partial charge in [-0.2, -0.15) is 0 Å². The molecule has 0 radical (unpaired) electrons. The average Bonchev–Trinajstić information content (AvgIpc) is 3.14. The van der Waals surface area contributed by atoms with Gasteiger partial charge in [-0.3, -0.25) is 9.59 Å². The number of thiophene rings is 1. The van der Waals surface area contributed by atoms with Gasteiger partial charge in [-0.1, -0.05) is 66.2 Å². The highest BCUT2D eigenvalue weighted by Gasteiger charge is 2.18. The monoisotopic (exact) mass is 451 g/mol. The SMILES string of the molecule is O=C(CNC(=O)c1sc2ccccc2c1Cl)OCc1ccccc1Oc1ccccc1. The maximum absolute atomic E-state index is 12.5. The summed E-state index contributed by atoms with van der Waals surface area (Å²) in [5.41, 5.74) is 0.721. The summed E-state index contributed by atoms with van der Waals surface area (Å²) >= 11 is 7.60. The van der Waals surface area contributed by atoms with Crippen LogP contribution in [0.15, 0.2) is 78.9 Å². The molecular formula is C24H18ClNO4S. The predicted octanol–water partition coefficient (Wildman–Crippen LogP) is 5.82. The maximum Gasteiger partial charge on any atom is 0.325 e. The highest BCUT2D eigenvalue weighted by molar-refractivity contribution is 7.21. The Morgan fingerprint density at radius 1 is 0.903 bits per heavy atom. The second-order valence-corrected chi connectivity index (χ2v) is 8.04. The van der Waals surface area contributed by atoms with E-state index in [-0.39, 0.29) is 13.2 Å². The number of carbonyl (C=O) groups is 2. The molecule has 4 aromatic rings. The van der Waals surface area contributed by atoms with Gasteiger partial charge in [0.15, 0.2) is 0 Å². The van der Waals surface area contributed by atoms with Crippen LogP contribution in [0.3, 0.4) is 0 Å². The summed E-state index contributed by atoms with van der Waals surface area (Å²) in [6.07, 6.45) is 0. The molecule has 156 valence electrons. The molecule has 1 heterocycles. The number of hydrogen-bond donors (Lipinski definition) is 1. The van der Waals surface area contributed by atoms with Gasteiger partial charge in [0.2, 0.25) is 0 Å². The van der Waals surface area contributed by atoms with Crippen molar-refractivity contribution in [2.75, 3.05) is 6.54 Å². The number of rotatable bonds is 7. The predicted molar refractivity (Wildman–Crippen MR) is 122 cm³/mol. The van der Waals surface area contributed by atoms with Crippen LogP contribution in [0, 0.1) is 0 Å². The second kappa shape index (κ2) is 9.64. The topological polar surface area (TPSA) is 64.6 Å². The van der Waals surface area contributed by atoms with Crippen molar-refractivity contribution in [3.8, 4) is 11.5 Å². The number of benzene rings is 3. The van der Waals surface area contributed by atoms with Crippen LogP contribution in [0.25, 0.3) is 10.1 Å². The number of hydrogen-bond acceptors (Lipinski definition) is 5. The maximum atomic E-state index is 12.5. The van der Waals surface area contributed by atoms with Crippen molar-refractivity contribution in [2.24, 2.45) is 0 Å². The van der Waals surface area contributed by atoms with E-state index in [2.05, 4.69) is 5.32 Å². The summed E-state index contributed by atoms with van der Waals surface area (Å²) in [6.45, 7) is -0.230. The number of halogens is 1. The number of amides is 1. The fraction of sp³-hybridized carbons (Fsp3) is 0.0833. The Morgan fingerprint density at radius 2 is 1.61 bits per heavy atom. The third-order valence-corrected chi connectivity index (χ3v) is 6.14. The molecule has 3 aromatic carbocycles. The van der Waals surface area contributed by atoms with E-state index < -0.39 is 11.9 Å². The lowest BCUT2D eigenvalue weighted by molar-refractivity contribution is -0.143. The van der Waals surface area contributed by atoms with E-state index in [1.54, 1.807) is 6.07 Å². The fourth-order valence-electron chi connectivity index (χ4n) is 2.94. The molecule has 0 fully saturated rings. The fourth-order valence-corrected chi connectivity index (χ4v) is 4.37. The summed E-state index contributed by atoms with van der Waals surface area (Å²) in [4.78, 5) is 25.0. The van der Waals surface area contributed by atoms with Crippen LogP contribution in [-0.4, -0.2) is 18.4 Å². The minimum atomic E-state index is -0.555. The molecule has 0 bridgehead atoms. The van der Waals surface area contributed by atoms with Gasteiger partial charge in [0.1, 0.15) is 29.5 Å². The second-order valence-electron chi connectivity index (χ2n) is 6.61. The number of fused-ring (bicyclic) bond motifs is 1. The molecule has 0 aliphatic rings. The van der Waals surface area contributed by atoms with Crippen LogP contribution in [0.4, 0.5) is 0 Å². The van der Waals surface area contributed by atoms with Crippen molar-refractivity contribution in [2.45, 2.75) is 6.61 Å². The Balaban J connectivity index is 1.33. The van der Waals surface area contributed by atoms with Crippen molar-refractivity contribution >= 4 is 44.9 Å². The van der Waals surface area contributed by atoms with Crippen LogP contribution in [0.2, 0.25) is 5.02 Å². The molecule has 4 rings (SSSR count). The molecule has 31 heavy (non-hydrogen) atoms. The molecule has 0 spiro atoms. The lowest BCUT2D eigenvalue weighted by atomic mass is 10.2. The van der Waals surface area contributed by atoms with Gasteiger partial charge in [-0.25, -0.2) is 0 Å². The van der Waals surface area contributed by atoms with Crippen molar-refractivity contribution < 1.29 is 19.1 Å². The van der Waals surface area contributed by atoms with Gasteiger partial charge >= 0.3 is 5.97 Å². The largest absolute Gasteiger partial charge is 0.459 e. The molecule has 0 aliphatic carbocycles. The van der Waals surface area contributed by atoms with E-state index in [0.717, 1.165) is 15.6 Å². The molecule has 1 amide bonds. The standard InChI is InChI=1S/C24H18ClNO4S/c25-22-18-11-5-7-13-20(18)31-23(22)24(28)26-14-21(27)29-15-16-8-4-6-12-19(16)30-17-9-2-1-3-10-17/h1-13H,14-15H2,(H,26,28). The Labute approximate surface area is 188 Å². The van der Waals surface area contributed by atoms with Gasteiger partial charge in [0.05, 0.1) is 5.02 Å². The number of nitrogens with one attached hydrogen (secondary N) is 1. The van der Waals surface area contributed by atoms with Gasteiger partial charge in [-0.05, 0) is 24.3 Å². The molecule has 0 saturated heterocycles. The van der Waals surface area contributed by atoms with E-state index in [1.165, 1.54) is 11.3 Å². The molecule has 0 aliphatic heterocycles. The highest BCUT2D eigenvalue weighted by atomic mass is 35.5. The van der Waals surface area contributed by atoms with Crippen LogP contribution >= 0.6 is 22.9 Å². The van der Waals surface area contributed by atoms with Crippen molar-refractivity contribution in [1.82, 2.24) is 5.32 Å². The first-order valence-electron chi connectivity index (χ1n) is 9.53. The first kappa shape index (κ1) is 20.9. The van der Waals surface area contributed by atoms with Crippen LogP contribution < -0.4 is 10.1 Å². The van der Waals surface area contributed by atoms with E-state index in [4.69, 9.17) is 21.1 Å². The quantitative estimate of drug-likeness (QED) is 0.359. The van der Waals surface area contributed by atoms with E-state index in [1.807, 2.05) is 72.8 Å².